The van der Waals surface area contributed by atoms with Crippen LogP contribution in [0.3, 0.4) is 0 Å². The number of nitrogens with zero attached hydrogens (tertiary/aromatic N) is 4. The first-order valence-corrected chi connectivity index (χ1v) is 11.9. The molecule has 4 rings (SSSR count). The molecule has 2 aliphatic rings. The second-order valence-corrected chi connectivity index (χ2v) is 9.15. The number of hydrogen-bond acceptors (Lipinski definition) is 5. The van der Waals surface area contributed by atoms with E-state index >= 15 is 0 Å². The van der Waals surface area contributed by atoms with Crippen LogP contribution in [0, 0.1) is 5.92 Å². The Labute approximate surface area is 200 Å². The molecule has 0 unspecified atom stereocenters. The van der Waals surface area contributed by atoms with Gasteiger partial charge in [0, 0.05) is 13.1 Å². The maximum absolute atomic E-state index is 13.5. The Hall–Kier alpha value is -3.33. The average molecular weight is 468 g/mol. The number of rotatable bonds is 7. The zero-order valence-corrected chi connectivity index (χ0v) is 20.0. The molecule has 2 aromatic rings. The van der Waals surface area contributed by atoms with Crippen molar-refractivity contribution in [1.82, 2.24) is 25.1 Å². The summed E-state index contributed by atoms with van der Waals surface area (Å²) >= 11 is 0. The number of furan rings is 1. The van der Waals surface area contributed by atoms with Gasteiger partial charge in [-0.15, -0.1) is 0 Å². The molecule has 0 aliphatic carbocycles. The Kier molecular flexibility index (Phi) is 7.21. The molecule has 1 N–H and O–H groups in total. The molecule has 9 heteroatoms. The number of nitrogens with one attached hydrogen (secondary N) is 1. The van der Waals surface area contributed by atoms with Crippen molar-refractivity contribution in [2.45, 2.75) is 52.5 Å². The number of hydrogen-bond donors (Lipinski definition) is 1. The number of piperazine rings is 1. The molecule has 1 aromatic carbocycles. The molecule has 34 heavy (non-hydrogen) atoms. The molecule has 2 saturated heterocycles. The molecule has 4 amide bonds. The van der Waals surface area contributed by atoms with Crippen molar-refractivity contribution >= 4 is 17.8 Å². The van der Waals surface area contributed by atoms with Crippen molar-refractivity contribution in [3.05, 3.63) is 60.1 Å². The number of urea groups is 1. The van der Waals surface area contributed by atoms with E-state index in [1.165, 1.54) is 0 Å². The fraction of sp³-hybridized carbons (Fsp3) is 0.480. The van der Waals surface area contributed by atoms with Gasteiger partial charge in [-0.25, -0.2) is 14.8 Å². The molecule has 182 valence electrons. The summed E-state index contributed by atoms with van der Waals surface area (Å²) in [6.07, 6.45) is 1.76. The van der Waals surface area contributed by atoms with E-state index in [1.54, 1.807) is 27.1 Å². The van der Waals surface area contributed by atoms with Crippen LogP contribution in [0.5, 0.6) is 0 Å². The minimum absolute atomic E-state index is 0.0672. The highest BCUT2D eigenvalue weighted by Crippen LogP contribution is 2.30. The van der Waals surface area contributed by atoms with Gasteiger partial charge in [0.2, 0.25) is 11.8 Å². The average Bonchev–Trinajstić information content (AvgIpc) is 3.32. The zero-order valence-electron chi connectivity index (χ0n) is 20.0. The lowest BCUT2D eigenvalue weighted by molar-refractivity contribution is -0.194. The van der Waals surface area contributed by atoms with E-state index in [0.29, 0.717) is 25.4 Å². The monoisotopic (exact) mass is 467 g/mol. The number of amides is 4. The van der Waals surface area contributed by atoms with E-state index in [1.807, 2.05) is 62.2 Å². The molecule has 0 saturated carbocycles. The summed E-state index contributed by atoms with van der Waals surface area (Å²) in [5, 5.41) is 6.46. The summed E-state index contributed by atoms with van der Waals surface area (Å²) in [6.45, 7) is 7.39. The van der Waals surface area contributed by atoms with E-state index in [4.69, 9.17) is 4.42 Å². The van der Waals surface area contributed by atoms with E-state index in [-0.39, 0.29) is 36.9 Å². The van der Waals surface area contributed by atoms with Crippen LogP contribution in [0.15, 0.2) is 53.1 Å². The van der Waals surface area contributed by atoms with Crippen molar-refractivity contribution in [2.75, 3.05) is 19.6 Å². The van der Waals surface area contributed by atoms with Crippen LogP contribution in [0.4, 0.5) is 4.79 Å². The SMILES string of the molecule is CCCN1CC(=O)N2[C@@H](C(C)C)C(=O)N(Cc3ccco3)C[C@@H]2N1C(=O)NCc1ccccc1. The van der Waals surface area contributed by atoms with Gasteiger partial charge in [0.15, 0.2) is 0 Å². The van der Waals surface area contributed by atoms with Gasteiger partial charge in [-0.2, -0.15) is 0 Å². The first kappa shape index (κ1) is 23.8. The van der Waals surface area contributed by atoms with Gasteiger partial charge in [-0.1, -0.05) is 51.1 Å². The molecule has 9 nitrogen and oxygen atoms in total. The Morgan fingerprint density at radius 3 is 2.56 bits per heavy atom. The Morgan fingerprint density at radius 2 is 1.91 bits per heavy atom. The smallest absolute Gasteiger partial charge is 0.334 e. The first-order chi connectivity index (χ1) is 16.4. The number of fused-ring (bicyclic) bond motifs is 1. The highest BCUT2D eigenvalue weighted by molar-refractivity contribution is 5.91. The van der Waals surface area contributed by atoms with Crippen molar-refractivity contribution in [2.24, 2.45) is 5.92 Å². The van der Waals surface area contributed by atoms with Crippen LogP contribution >= 0.6 is 0 Å². The lowest BCUT2D eigenvalue weighted by atomic mass is 9.96. The molecular formula is C25H33N5O4. The highest BCUT2D eigenvalue weighted by atomic mass is 16.3. The van der Waals surface area contributed by atoms with E-state index in [0.717, 1.165) is 12.0 Å². The van der Waals surface area contributed by atoms with Crippen molar-refractivity contribution < 1.29 is 18.8 Å². The van der Waals surface area contributed by atoms with Crippen LogP contribution in [-0.4, -0.2) is 69.5 Å². The second kappa shape index (κ2) is 10.3. The van der Waals surface area contributed by atoms with Crippen molar-refractivity contribution in [3.63, 3.8) is 0 Å². The zero-order chi connectivity index (χ0) is 24.2. The van der Waals surface area contributed by atoms with Crippen LogP contribution in [0.2, 0.25) is 0 Å². The Bertz CT molecular complexity index is 994. The third-order valence-electron chi connectivity index (χ3n) is 6.30. The predicted molar refractivity (Wildman–Crippen MR) is 126 cm³/mol. The molecule has 2 aliphatic heterocycles. The van der Waals surface area contributed by atoms with E-state index in [9.17, 15) is 14.4 Å². The third-order valence-corrected chi connectivity index (χ3v) is 6.30. The minimum atomic E-state index is -0.644. The topological polar surface area (TPSA) is 89.3 Å². The summed E-state index contributed by atoms with van der Waals surface area (Å²) in [4.78, 5) is 43.6. The summed E-state index contributed by atoms with van der Waals surface area (Å²) in [5.74, 6) is 0.307. The molecule has 0 radical (unpaired) electrons. The maximum atomic E-state index is 13.5. The van der Waals surface area contributed by atoms with Gasteiger partial charge < -0.3 is 19.5 Å². The molecule has 3 heterocycles. The van der Waals surface area contributed by atoms with Crippen LogP contribution in [0.1, 0.15) is 38.5 Å². The van der Waals surface area contributed by atoms with Crippen LogP contribution < -0.4 is 5.32 Å². The van der Waals surface area contributed by atoms with E-state index in [2.05, 4.69) is 5.32 Å². The quantitative estimate of drug-likeness (QED) is 0.676. The lowest BCUT2D eigenvalue weighted by Gasteiger charge is -2.55. The van der Waals surface area contributed by atoms with Gasteiger partial charge in [-0.05, 0) is 30.0 Å². The summed E-state index contributed by atoms with van der Waals surface area (Å²) in [5.41, 5.74) is 0.987. The summed E-state index contributed by atoms with van der Waals surface area (Å²) in [6, 6.07) is 12.4. The molecule has 2 atom stereocenters. The van der Waals surface area contributed by atoms with Gasteiger partial charge in [0.25, 0.3) is 0 Å². The van der Waals surface area contributed by atoms with Crippen molar-refractivity contribution in [3.8, 4) is 0 Å². The standard InChI is InChI=1S/C25H33N5O4/c1-4-12-28-17-22(31)29-21(30(28)25(33)26-14-19-9-6-5-7-10-19)16-27(15-20-11-8-13-34-20)24(32)23(29)18(2)3/h5-11,13,18,21,23H,4,12,14-17H2,1-3H3,(H,26,33)/t21-,23-/m0/s1. The van der Waals surface area contributed by atoms with Gasteiger partial charge in [0.05, 0.1) is 25.9 Å². The van der Waals surface area contributed by atoms with Crippen LogP contribution in [-0.2, 0) is 22.7 Å². The largest absolute Gasteiger partial charge is 0.467 e. The van der Waals surface area contributed by atoms with Crippen molar-refractivity contribution in [1.29, 1.82) is 0 Å². The molecule has 2 fully saturated rings. The number of hydrazine groups is 1. The fourth-order valence-corrected chi connectivity index (χ4v) is 4.79. The van der Waals surface area contributed by atoms with Crippen LogP contribution in [0.25, 0.3) is 0 Å². The molecule has 1 aromatic heterocycles. The number of carbonyl (C=O) groups excluding carboxylic acids is 3. The maximum Gasteiger partial charge on any atom is 0.334 e. The first-order valence-electron chi connectivity index (χ1n) is 11.9. The molecule has 0 spiro atoms. The lowest BCUT2D eigenvalue weighted by Crippen LogP contribution is -2.77. The Morgan fingerprint density at radius 1 is 1.15 bits per heavy atom. The second-order valence-electron chi connectivity index (χ2n) is 9.15. The third kappa shape index (κ3) is 4.79. The fourth-order valence-electron chi connectivity index (χ4n) is 4.79. The Balaban J connectivity index is 1.64. The van der Waals surface area contributed by atoms with Gasteiger partial charge >= 0.3 is 6.03 Å². The summed E-state index contributed by atoms with van der Waals surface area (Å²) < 4.78 is 5.48. The highest BCUT2D eigenvalue weighted by Gasteiger charge is 2.52. The number of carbonyl (C=O) groups is 3. The summed E-state index contributed by atoms with van der Waals surface area (Å²) in [7, 11) is 0. The van der Waals surface area contributed by atoms with E-state index < -0.39 is 12.2 Å². The molecular weight excluding hydrogens is 434 g/mol. The number of benzene rings is 1. The minimum Gasteiger partial charge on any atom is -0.467 e. The predicted octanol–water partition coefficient (Wildman–Crippen LogP) is 2.65. The molecule has 0 bridgehead atoms. The van der Waals surface area contributed by atoms with Gasteiger partial charge in [-0.3, -0.25) is 9.59 Å². The van der Waals surface area contributed by atoms with Gasteiger partial charge in [0.1, 0.15) is 18.0 Å². The normalized spacial score (nSPS) is 21.2.